The van der Waals surface area contributed by atoms with E-state index in [2.05, 4.69) is 15.2 Å². The summed E-state index contributed by atoms with van der Waals surface area (Å²) in [5.74, 6) is -0.0745. The van der Waals surface area contributed by atoms with Crippen molar-refractivity contribution >= 4 is 44.9 Å². The van der Waals surface area contributed by atoms with Crippen molar-refractivity contribution in [2.45, 2.75) is 0 Å². The second-order valence-corrected chi connectivity index (χ2v) is 9.73. The number of carbonyl (C=O) groups is 1. The highest BCUT2D eigenvalue weighted by atomic mass is 35.5. The van der Waals surface area contributed by atoms with Gasteiger partial charge in [0.25, 0.3) is 5.91 Å². The molecule has 3 aromatic carbocycles. The zero-order valence-electron chi connectivity index (χ0n) is 19.4. The van der Waals surface area contributed by atoms with E-state index >= 15 is 0 Å². The van der Waals surface area contributed by atoms with Crippen molar-refractivity contribution in [3.63, 3.8) is 0 Å². The summed E-state index contributed by atoms with van der Waals surface area (Å²) in [4.78, 5) is 30.7. The molecule has 6 rings (SSSR count). The molecule has 0 amide bonds. The fourth-order valence-corrected chi connectivity index (χ4v) is 5.12. The van der Waals surface area contributed by atoms with E-state index in [1.165, 1.54) is 22.5 Å². The number of para-hydroxylation sites is 1. The van der Waals surface area contributed by atoms with Gasteiger partial charge in [0, 0.05) is 23.2 Å². The first-order chi connectivity index (χ1) is 17.9. The zero-order valence-corrected chi connectivity index (χ0v) is 20.9. The lowest BCUT2D eigenvalue weighted by atomic mass is 10.1. The van der Waals surface area contributed by atoms with E-state index in [4.69, 9.17) is 17.3 Å². The highest BCUT2D eigenvalue weighted by molar-refractivity contribution is 7.21. The summed E-state index contributed by atoms with van der Waals surface area (Å²) in [5, 5.41) is 9.95. The lowest BCUT2D eigenvalue weighted by molar-refractivity contribution is 0.0948. The second-order valence-electron chi connectivity index (χ2n) is 8.27. The van der Waals surface area contributed by atoms with Crippen molar-refractivity contribution < 1.29 is 4.79 Å². The van der Waals surface area contributed by atoms with Gasteiger partial charge in [-0.05, 0) is 48.5 Å². The fourth-order valence-electron chi connectivity index (χ4n) is 4.03. The first kappa shape index (κ1) is 22.9. The zero-order chi connectivity index (χ0) is 25.7. The van der Waals surface area contributed by atoms with E-state index in [-0.39, 0.29) is 17.3 Å². The predicted molar refractivity (Wildman–Crippen MR) is 144 cm³/mol. The Morgan fingerprint density at radius 3 is 2.46 bits per heavy atom. The molecule has 0 saturated carbocycles. The minimum Gasteiger partial charge on any atom is -0.383 e. The summed E-state index contributed by atoms with van der Waals surface area (Å²) in [6.45, 7) is 0. The van der Waals surface area contributed by atoms with Gasteiger partial charge in [0.1, 0.15) is 10.8 Å². The summed E-state index contributed by atoms with van der Waals surface area (Å²) in [5.41, 5.74) is 9.14. The van der Waals surface area contributed by atoms with Gasteiger partial charge in [-0.15, -0.1) is 16.4 Å². The highest BCUT2D eigenvalue weighted by Crippen LogP contribution is 2.31. The number of hydrogen-bond acceptors (Lipinski definition) is 7. The molecule has 3 heterocycles. The highest BCUT2D eigenvalue weighted by Gasteiger charge is 2.23. The van der Waals surface area contributed by atoms with Gasteiger partial charge in [-0.1, -0.05) is 35.9 Å². The summed E-state index contributed by atoms with van der Waals surface area (Å²) in [6.07, 6.45) is 1.43. The Morgan fingerprint density at radius 1 is 1.00 bits per heavy atom. The minimum atomic E-state index is -0.407. The van der Waals surface area contributed by atoms with Crippen molar-refractivity contribution in [3.8, 4) is 27.6 Å². The number of anilines is 1. The van der Waals surface area contributed by atoms with Gasteiger partial charge in [-0.3, -0.25) is 4.79 Å². The van der Waals surface area contributed by atoms with Gasteiger partial charge < -0.3 is 5.73 Å². The molecule has 9 nitrogen and oxygen atoms in total. The van der Waals surface area contributed by atoms with Crippen LogP contribution in [-0.2, 0) is 7.05 Å². The molecule has 0 spiro atoms. The number of aromatic nitrogens is 6. The summed E-state index contributed by atoms with van der Waals surface area (Å²) in [6, 6.07) is 21.8. The Kier molecular flexibility index (Phi) is 5.47. The molecule has 0 bridgehead atoms. The molecule has 37 heavy (non-hydrogen) atoms. The minimum absolute atomic E-state index is 0.0704. The Morgan fingerprint density at radius 2 is 1.73 bits per heavy atom. The maximum absolute atomic E-state index is 13.3. The molecule has 0 fully saturated rings. The molecule has 6 aromatic rings. The van der Waals surface area contributed by atoms with E-state index in [0.717, 1.165) is 25.5 Å². The van der Waals surface area contributed by atoms with E-state index < -0.39 is 5.91 Å². The van der Waals surface area contributed by atoms with Crippen LogP contribution in [0.3, 0.4) is 0 Å². The van der Waals surface area contributed by atoms with E-state index in [0.29, 0.717) is 21.8 Å². The molecule has 0 atom stereocenters. The van der Waals surface area contributed by atoms with Gasteiger partial charge in [-0.2, -0.15) is 9.78 Å². The molecule has 0 aliphatic rings. The Labute approximate surface area is 219 Å². The Bertz CT molecular complexity index is 1810. The number of thiazole rings is 1. The van der Waals surface area contributed by atoms with Crippen LogP contribution in [0.25, 0.3) is 37.9 Å². The lowest BCUT2D eigenvalue weighted by Gasteiger charge is -2.07. The third-order valence-electron chi connectivity index (χ3n) is 5.92. The van der Waals surface area contributed by atoms with Crippen LogP contribution in [0.2, 0.25) is 5.02 Å². The number of rotatable bonds is 4. The molecule has 3 aromatic heterocycles. The molecule has 2 N–H and O–H groups in total. The third-order valence-corrected chi connectivity index (χ3v) is 7.26. The van der Waals surface area contributed by atoms with Crippen LogP contribution in [0.5, 0.6) is 0 Å². The molecule has 0 saturated heterocycles. The first-order valence-electron chi connectivity index (χ1n) is 11.2. The second kappa shape index (κ2) is 8.84. The van der Waals surface area contributed by atoms with Gasteiger partial charge in [0.15, 0.2) is 5.82 Å². The normalized spacial score (nSPS) is 11.3. The van der Waals surface area contributed by atoms with Crippen molar-refractivity contribution in [2.75, 3.05) is 5.73 Å². The van der Waals surface area contributed by atoms with Crippen LogP contribution < -0.4 is 11.4 Å². The molecule has 0 unspecified atom stereocenters. The quantitative estimate of drug-likeness (QED) is 0.357. The number of hydrogen-bond donors (Lipinski definition) is 1. The number of carbonyl (C=O) groups excluding carboxylic acids is 1. The lowest BCUT2D eigenvalue weighted by Crippen LogP contribution is -2.21. The smallest absolute Gasteiger partial charge is 0.350 e. The van der Waals surface area contributed by atoms with Gasteiger partial charge in [0.2, 0.25) is 0 Å². The fraction of sp³-hybridized carbons (Fsp3) is 0.0385. The molecular formula is C26H18ClN7O2S. The predicted octanol–water partition coefficient (Wildman–Crippen LogP) is 4.64. The summed E-state index contributed by atoms with van der Waals surface area (Å²) >= 11 is 7.59. The van der Waals surface area contributed by atoms with Crippen LogP contribution in [-0.4, -0.2) is 35.0 Å². The molecule has 182 valence electrons. The average molecular weight is 528 g/mol. The monoisotopic (exact) mass is 527 g/mol. The van der Waals surface area contributed by atoms with E-state index in [1.807, 2.05) is 36.4 Å². The Balaban J connectivity index is 1.34. The average Bonchev–Trinajstić information content (AvgIpc) is 3.59. The number of nitrogens with two attached hydrogens (primary N) is 1. The topological polar surface area (TPSA) is 114 Å². The van der Waals surface area contributed by atoms with Crippen molar-refractivity contribution in [1.82, 2.24) is 29.1 Å². The van der Waals surface area contributed by atoms with Crippen LogP contribution in [0, 0.1) is 0 Å². The van der Waals surface area contributed by atoms with Crippen LogP contribution in [0.1, 0.15) is 10.4 Å². The van der Waals surface area contributed by atoms with Crippen LogP contribution >= 0.6 is 22.9 Å². The van der Waals surface area contributed by atoms with Gasteiger partial charge in [0.05, 0.1) is 27.7 Å². The SMILES string of the molecule is Cn1nc(-c2cnn(C(=O)c3ccc(-c4nc5ccccc5s4)cc3)c2N)n(-c2ccc(Cl)cc2)c1=O. The number of aryl methyl sites for hydroxylation is 1. The standard InChI is InChI=1S/C26H18ClN7O2S/c1-32-26(36)33(18-12-10-17(27)11-13-18)23(31-32)19-14-29-34(22(19)28)25(35)16-8-6-15(7-9-16)24-30-20-4-2-3-5-21(20)37-24/h2-14H,28H2,1H3. The first-order valence-corrected chi connectivity index (χ1v) is 12.4. The van der Waals surface area contributed by atoms with E-state index in [9.17, 15) is 9.59 Å². The van der Waals surface area contributed by atoms with Gasteiger partial charge >= 0.3 is 5.69 Å². The van der Waals surface area contributed by atoms with Crippen LogP contribution in [0.4, 0.5) is 5.82 Å². The van der Waals surface area contributed by atoms with Crippen molar-refractivity contribution in [3.05, 3.63) is 100 Å². The van der Waals surface area contributed by atoms with Crippen molar-refractivity contribution in [2.24, 2.45) is 7.05 Å². The number of nitrogen functional groups attached to an aromatic ring is 1. The molecule has 0 aliphatic carbocycles. The van der Waals surface area contributed by atoms with E-state index in [1.54, 1.807) is 47.7 Å². The number of nitrogens with zero attached hydrogens (tertiary/aromatic N) is 6. The molecule has 0 radical (unpaired) electrons. The molecule has 11 heteroatoms. The number of benzene rings is 3. The number of fused-ring (bicyclic) bond motifs is 1. The van der Waals surface area contributed by atoms with Crippen LogP contribution in [0.15, 0.2) is 83.8 Å². The Hall–Kier alpha value is -4.54. The van der Waals surface area contributed by atoms with Crippen molar-refractivity contribution in [1.29, 1.82) is 0 Å². The number of halogens is 1. The van der Waals surface area contributed by atoms with Gasteiger partial charge in [-0.25, -0.2) is 19.0 Å². The summed E-state index contributed by atoms with van der Waals surface area (Å²) < 4.78 is 4.79. The molecule has 0 aliphatic heterocycles. The molecular weight excluding hydrogens is 510 g/mol. The third kappa shape index (κ3) is 3.92. The maximum atomic E-state index is 13.3. The maximum Gasteiger partial charge on any atom is 0.350 e. The largest absolute Gasteiger partial charge is 0.383 e. The summed E-state index contributed by atoms with van der Waals surface area (Å²) in [7, 11) is 1.54.